The van der Waals surface area contributed by atoms with E-state index >= 15 is 0 Å². The lowest BCUT2D eigenvalue weighted by molar-refractivity contribution is 0.600. The molecule has 2 aromatic rings. The second kappa shape index (κ2) is 6.43. The van der Waals surface area contributed by atoms with Crippen molar-refractivity contribution in [1.29, 1.82) is 0 Å². The van der Waals surface area contributed by atoms with Crippen molar-refractivity contribution < 1.29 is 8.42 Å². The zero-order valence-corrected chi connectivity index (χ0v) is 12.7. The monoisotopic (exact) mass is 330 g/mol. The van der Waals surface area contributed by atoms with Gasteiger partial charge in [-0.25, -0.2) is 8.42 Å². The summed E-state index contributed by atoms with van der Waals surface area (Å²) in [7, 11) is -3.45. The zero-order valence-electron chi connectivity index (χ0n) is 10.4. The van der Waals surface area contributed by atoms with Crippen molar-refractivity contribution in [2.45, 2.75) is 6.42 Å². The maximum atomic E-state index is 12.0. The van der Waals surface area contributed by atoms with Gasteiger partial charge in [0.15, 0.2) is 0 Å². The highest BCUT2D eigenvalue weighted by molar-refractivity contribution is 7.92. The van der Waals surface area contributed by atoms with Crippen molar-refractivity contribution in [3.8, 4) is 0 Å². The lowest BCUT2D eigenvalue weighted by atomic mass is 10.3. The molecule has 0 saturated heterocycles. The van der Waals surface area contributed by atoms with Gasteiger partial charge in [0.2, 0.25) is 10.0 Å². The molecule has 0 fully saturated rings. The van der Waals surface area contributed by atoms with E-state index in [1.54, 1.807) is 30.5 Å². The minimum Gasteiger partial charge on any atom is -0.283 e. The largest absolute Gasteiger partial charge is 0.283 e. The number of pyridine rings is 1. The molecule has 1 heterocycles. The van der Waals surface area contributed by atoms with Crippen LogP contribution in [0.15, 0.2) is 42.6 Å². The molecule has 0 bridgehead atoms. The highest BCUT2D eigenvalue weighted by atomic mass is 35.5. The average Bonchev–Trinajstić information content (AvgIpc) is 2.42. The number of aromatic nitrogens is 1. The molecule has 1 N–H and O–H groups in total. The van der Waals surface area contributed by atoms with Crippen LogP contribution in [0, 0.1) is 0 Å². The van der Waals surface area contributed by atoms with Crippen LogP contribution < -0.4 is 4.72 Å². The smallest absolute Gasteiger partial charge is 0.233 e. The number of anilines is 1. The first-order valence-electron chi connectivity index (χ1n) is 5.82. The number of rotatable bonds is 5. The molecule has 0 atom stereocenters. The Balaban J connectivity index is 2.02. The molecule has 4 nitrogen and oxygen atoms in total. The van der Waals surface area contributed by atoms with Gasteiger partial charge >= 0.3 is 0 Å². The Morgan fingerprint density at radius 1 is 1.10 bits per heavy atom. The predicted molar refractivity (Wildman–Crippen MR) is 81.8 cm³/mol. The van der Waals surface area contributed by atoms with E-state index in [-0.39, 0.29) is 5.75 Å². The molecule has 20 heavy (non-hydrogen) atoms. The molecule has 1 aromatic carbocycles. The quantitative estimate of drug-likeness (QED) is 0.914. The first-order valence-corrected chi connectivity index (χ1v) is 8.22. The number of sulfonamides is 1. The van der Waals surface area contributed by atoms with E-state index in [1.165, 1.54) is 6.07 Å². The number of halogens is 2. The summed E-state index contributed by atoms with van der Waals surface area (Å²) < 4.78 is 26.4. The van der Waals surface area contributed by atoms with Gasteiger partial charge in [-0.1, -0.05) is 29.3 Å². The van der Waals surface area contributed by atoms with E-state index in [2.05, 4.69) is 9.71 Å². The first-order chi connectivity index (χ1) is 9.46. The fourth-order valence-corrected chi connectivity index (χ4v) is 2.94. The van der Waals surface area contributed by atoms with Crippen molar-refractivity contribution >= 4 is 38.9 Å². The summed E-state index contributed by atoms with van der Waals surface area (Å²) in [5.74, 6) is -0.0513. The van der Waals surface area contributed by atoms with Crippen molar-refractivity contribution in [3.63, 3.8) is 0 Å². The number of hydrogen-bond donors (Lipinski definition) is 1. The molecule has 7 heteroatoms. The molecular formula is C13H12Cl2N2O2S. The summed E-state index contributed by atoms with van der Waals surface area (Å²) in [4.78, 5) is 4.08. The summed E-state index contributed by atoms with van der Waals surface area (Å²) in [6.45, 7) is 0. The van der Waals surface area contributed by atoms with Gasteiger partial charge in [-0.05, 0) is 30.3 Å². The zero-order chi connectivity index (χ0) is 14.6. The van der Waals surface area contributed by atoms with E-state index in [0.29, 0.717) is 22.2 Å². The highest BCUT2D eigenvalue weighted by Gasteiger charge is 2.12. The Hall–Kier alpha value is -1.30. The van der Waals surface area contributed by atoms with Crippen LogP contribution in [0.4, 0.5) is 5.69 Å². The molecule has 1 aromatic heterocycles. The van der Waals surface area contributed by atoms with Crippen LogP contribution in [0.3, 0.4) is 0 Å². The van der Waals surface area contributed by atoms with Gasteiger partial charge in [0.1, 0.15) is 0 Å². The van der Waals surface area contributed by atoms with Gasteiger partial charge in [-0.3, -0.25) is 9.71 Å². The maximum Gasteiger partial charge on any atom is 0.233 e. The van der Waals surface area contributed by atoms with Gasteiger partial charge < -0.3 is 0 Å². The van der Waals surface area contributed by atoms with E-state index in [4.69, 9.17) is 23.2 Å². The van der Waals surface area contributed by atoms with Crippen LogP contribution >= 0.6 is 23.2 Å². The topological polar surface area (TPSA) is 59.1 Å². The number of benzene rings is 1. The van der Waals surface area contributed by atoms with Crippen LogP contribution in [0.25, 0.3) is 0 Å². The number of nitrogens with zero attached hydrogens (tertiary/aromatic N) is 1. The molecule has 0 unspecified atom stereocenters. The summed E-state index contributed by atoms with van der Waals surface area (Å²) >= 11 is 11.6. The molecule has 2 rings (SSSR count). The number of hydrogen-bond acceptors (Lipinski definition) is 3. The third kappa shape index (κ3) is 4.37. The van der Waals surface area contributed by atoms with Crippen LogP contribution in [-0.4, -0.2) is 19.2 Å². The molecule has 0 spiro atoms. The fourth-order valence-electron chi connectivity index (χ4n) is 1.58. The van der Waals surface area contributed by atoms with E-state index in [1.807, 2.05) is 6.07 Å². The molecular weight excluding hydrogens is 319 g/mol. The van der Waals surface area contributed by atoms with E-state index in [9.17, 15) is 8.42 Å². The Labute approximate surface area is 127 Å². The van der Waals surface area contributed by atoms with Crippen molar-refractivity contribution in [2.24, 2.45) is 0 Å². The third-order valence-electron chi connectivity index (χ3n) is 2.55. The second-order valence-corrected chi connectivity index (χ2v) is 6.78. The predicted octanol–water partition coefficient (Wildman–Crippen LogP) is 3.37. The lowest BCUT2D eigenvalue weighted by Crippen LogP contribution is -2.18. The van der Waals surface area contributed by atoms with E-state index in [0.717, 1.165) is 5.69 Å². The average molecular weight is 331 g/mol. The summed E-state index contributed by atoms with van der Waals surface area (Å²) in [5, 5.41) is 0.680. The summed E-state index contributed by atoms with van der Waals surface area (Å²) in [6, 6.07) is 9.97. The van der Waals surface area contributed by atoms with Gasteiger partial charge in [0, 0.05) is 18.3 Å². The Bertz CT molecular complexity index is 691. The van der Waals surface area contributed by atoms with E-state index < -0.39 is 10.0 Å². The minimum absolute atomic E-state index is 0.0513. The SMILES string of the molecule is O=S(=O)(CCc1ccccn1)Nc1ccc(Cl)c(Cl)c1. The van der Waals surface area contributed by atoms with Gasteiger partial charge in [0.05, 0.1) is 21.5 Å². The Morgan fingerprint density at radius 3 is 2.55 bits per heavy atom. The Kier molecular flexibility index (Phi) is 4.86. The summed E-state index contributed by atoms with van der Waals surface area (Å²) in [6.07, 6.45) is 1.98. The summed E-state index contributed by atoms with van der Waals surface area (Å²) in [5.41, 5.74) is 1.12. The van der Waals surface area contributed by atoms with Crippen LogP contribution in [0.5, 0.6) is 0 Å². The second-order valence-electron chi connectivity index (χ2n) is 4.12. The van der Waals surface area contributed by atoms with Crippen molar-refractivity contribution in [2.75, 3.05) is 10.5 Å². The standard InChI is InChI=1S/C13H12Cl2N2O2S/c14-12-5-4-11(9-13(12)15)17-20(18,19)8-6-10-3-1-2-7-16-10/h1-5,7,9,17H,6,8H2. The molecule has 0 aliphatic carbocycles. The molecule has 0 saturated carbocycles. The minimum atomic E-state index is -3.45. The van der Waals surface area contributed by atoms with Gasteiger partial charge in [-0.15, -0.1) is 0 Å². The van der Waals surface area contributed by atoms with Crippen LogP contribution in [-0.2, 0) is 16.4 Å². The fraction of sp³-hybridized carbons (Fsp3) is 0.154. The molecule has 0 radical (unpaired) electrons. The molecule has 106 valence electrons. The number of nitrogens with one attached hydrogen (secondary N) is 1. The van der Waals surface area contributed by atoms with Gasteiger partial charge in [0.25, 0.3) is 0 Å². The molecule has 0 aliphatic rings. The maximum absolute atomic E-state index is 12.0. The normalized spacial score (nSPS) is 11.3. The lowest BCUT2D eigenvalue weighted by Gasteiger charge is -2.08. The van der Waals surface area contributed by atoms with Crippen molar-refractivity contribution in [1.82, 2.24) is 4.98 Å². The van der Waals surface area contributed by atoms with Crippen molar-refractivity contribution in [3.05, 3.63) is 58.3 Å². The van der Waals surface area contributed by atoms with Crippen LogP contribution in [0.1, 0.15) is 5.69 Å². The Morgan fingerprint density at radius 2 is 1.90 bits per heavy atom. The third-order valence-corrected chi connectivity index (χ3v) is 4.57. The van der Waals surface area contributed by atoms with Gasteiger partial charge in [-0.2, -0.15) is 0 Å². The first kappa shape index (κ1) is 15.1. The van der Waals surface area contributed by atoms with Crippen LogP contribution in [0.2, 0.25) is 10.0 Å². The number of aryl methyl sites for hydroxylation is 1. The molecule has 0 amide bonds. The highest BCUT2D eigenvalue weighted by Crippen LogP contribution is 2.25. The molecule has 0 aliphatic heterocycles.